The van der Waals surface area contributed by atoms with Crippen LogP contribution < -0.4 is 10.6 Å². The Bertz CT molecular complexity index is 774. The SMILES string of the molecule is C1CCN(C2(N3CCOCC3)N(C3NCCS3)CCN(N3CCNC3)C2(N2CCCC2)N2CCSCC2)CC1. The Hall–Kier alpha value is 0.300. The summed E-state index contributed by atoms with van der Waals surface area (Å²) >= 11 is 4.30. The van der Waals surface area contributed by atoms with Gasteiger partial charge in [-0.3, -0.25) is 24.9 Å². The third kappa shape index (κ3) is 4.73. The van der Waals surface area contributed by atoms with E-state index in [1.807, 2.05) is 0 Å². The molecule has 3 atom stereocenters. The largest absolute Gasteiger partial charge is 0.379 e. The van der Waals surface area contributed by atoms with Gasteiger partial charge >= 0.3 is 0 Å². The summed E-state index contributed by atoms with van der Waals surface area (Å²) in [6.45, 7) is 17.2. The molecule has 0 aromatic carbocycles. The summed E-state index contributed by atoms with van der Waals surface area (Å²) in [5.74, 6) is 3.18. The van der Waals surface area contributed by atoms with E-state index in [1.54, 1.807) is 0 Å². The number of ether oxygens (including phenoxy) is 1. The quantitative estimate of drug-likeness (QED) is 0.453. The van der Waals surface area contributed by atoms with Gasteiger partial charge in [0.25, 0.3) is 0 Å². The predicted molar refractivity (Wildman–Crippen MR) is 160 cm³/mol. The molecule has 222 valence electrons. The number of hydrogen-bond acceptors (Lipinski definition) is 12. The first kappa shape index (κ1) is 28.1. The van der Waals surface area contributed by atoms with Crippen molar-refractivity contribution in [1.29, 1.82) is 0 Å². The van der Waals surface area contributed by atoms with Gasteiger partial charge < -0.3 is 10.1 Å². The summed E-state index contributed by atoms with van der Waals surface area (Å²) in [5, 5.41) is 13.4. The number of piperidine rings is 1. The number of nitrogens with one attached hydrogen (secondary N) is 2. The van der Waals surface area contributed by atoms with Gasteiger partial charge in [0, 0.05) is 102 Å². The third-order valence-electron chi connectivity index (χ3n) is 10.2. The van der Waals surface area contributed by atoms with E-state index < -0.39 is 0 Å². The molecule has 0 saturated carbocycles. The molecule has 0 aromatic heterocycles. The zero-order valence-electron chi connectivity index (χ0n) is 23.9. The van der Waals surface area contributed by atoms with Crippen LogP contribution in [0.3, 0.4) is 0 Å². The molecule has 3 unspecified atom stereocenters. The molecule has 7 saturated heterocycles. The summed E-state index contributed by atoms with van der Waals surface area (Å²) in [6.07, 6.45) is 6.60. The van der Waals surface area contributed by atoms with Crippen LogP contribution in [0.5, 0.6) is 0 Å². The highest BCUT2D eigenvalue weighted by Gasteiger charge is 2.73. The molecule has 7 heterocycles. The minimum atomic E-state index is -0.251. The van der Waals surface area contributed by atoms with Crippen LogP contribution in [0.4, 0.5) is 0 Å². The lowest BCUT2D eigenvalue weighted by molar-refractivity contribution is -0.398. The van der Waals surface area contributed by atoms with Crippen LogP contribution >= 0.6 is 23.5 Å². The topological polar surface area (TPSA) is 56.0 Å². The molecule has 0 spiro atoms. The second kappa shape index (κ2) is 12.5. The van der Waals surface area contributed by atoms with Gasteiger partial charge in [-0.15, -0.1) is 11.8 Å². The lowest BCUT2D eigenvalue weighted by Gasteiger charge is -2.75. The van der Waals surface area contributed by atoms with Crippen molar-refractivity contribution in [2.45, 2.75) is 49.2 Å². The molecular weight excluding hydrogens is 530 g/mol. The summed E-state index contributed by atoms with van der Waals surface area (Å²) in [7, 11) is 0. The van der Waals surface area contributed by atoms with Gasteiger partial charge in [-0.1, -0.05) is 6.42 Å². The van der Waals surface area contributed by atoms with E-state index >= 15 is 0 Å². The predicted octanol–water partition coefficient (Wildman–Crippen LogP) is 0.272. The van der Waals surface area contributed by atoms with Crippen molar-refractivity contribution in [3.63, 3.8) is 0 Å². The molecule has 10 nitrogen and oxygen atoms in total. The van der Waals surface area contributed by atoms with Crippen LogP contribution in [0.1, 0.15) is 32.1 Å². The maximum atomic E-state index is 6.09. The number of piperazine rings is 1. The molecule has 0 aliphatic carbocycles. The van der Waals surface area contributed by atoms with E-state index in [4.69, 9.17) is 4.74 Å². The fourth-order valence-corrected chi connectivity index (χ4v) is 10.8. The Morgan fingerprint density at radius 3 is 1.95 bits per heavy atom. The first-order valence-electron chi connectivity index (χ1n) is 15.9. The molecule has 0 aromatic rings. The zero-order valence-corrected chi connectivity index (χ0v) is 25.5. The minimum Gasteiger partial charge on any atom is -0.379 e. The van der Waals surface area contributed by atoms with Gasteiger partial charge in [0.05, 0.1) is 19.9 Å². The van der Waals surface area contributed by atoms with E-state index in [0.717, 1.165) is 78.8 Å². The van der Waals surface area contributed by atoms with Crippen LogP contribution in [0, 0.1) is 0 Å². The highest BCUT2D eigenvalue weighted by Crippen LogP contribution is 2.52. The first-order valence-corrected chi connectivity index (χ1v) is 18.1. The number of morpholine rings is 1. The molecule has 39 heavy (non-hydrogen) atoms. The lowest BCUT2D eigenvalue weighted by atomic mass is 9.92. The Morgan fingerprint density at radius 1 is 0.615 bits per heavy atom. The minimum absolute atomic E-state index is 0.242. The summed E-state index contributed by atoms with van der Waals surface area (Å²) in [4.78, 5) is 14.9. The molecule has 2 N–H and O–H groups in total. The van der Waals surface area contributed by atoms with Crippen molar-refractivity contribution < 1.29 is 4.74 Å². The Kier molecular flexibility index (Phi) is 9.00. The molecule has 0 radical (unpaired) electrons. The van der Waals surface area contributed by atoms with Gasteiger partial charge in [-0.05, 0) is 25.7 Å². The average Bonchev–Trinajstić information content (AvgIpc) is 3.82. The lowest BCUT2D eigenvalue weighted by Crippen LogP contribution is -2.96. The fraction of sp³-hybridized carbons (Fsp3) is 1.00. The molecule has 0 amide bonds. The molecule has 0 bridgehead atoms. The van der Waals surface area contributed by atoms with Gasteiger partial charge in [-0.25, -0.2) is 14.9 Å². The summed E-state index contributed by atoms with van der Waals surface area (Å²) in [5.41, 5.74) is 0.356. The Balaban J connectivity index is 1.48. The molecular formula is C27H51N9OS2. The Labute approximate surface area is 244 Å². The number of hydrogen-bond donors (Lipinski definition) is 2. The standard InChI is InChI=1S/C27H51N9OS2/c1-2-8-30(9-3-1)26(32-15-19-37-20-16-32)27(31-10-4-5-11-31,33-17-22-38-23-18-33)36(34-12-6-28-24-34)14-13-35(26)25-29-7-21-39-25/h25,28-29H,1-24H2. The molecule has 7 fully saturated rings. The second-order valence-corrected chi connectivity index (χ2v) is 14.5. The zero-order chi connectivity index (χ0) is 26.1. The monoisotopic (exact) mass is 581 g/mol. The average molecular weight is 582 g/mol. The summed E-state index contributed by atoms with van der Waals surface area (Å²) < 4.78 is 6.09. The fourth-order valence-electron chi connectivity index (χ4n) is 8.74. The number of thioether (sulfide) groups is 2. The van der Waals surface area contributed by atoms with Crippen molar-refractivity contribution in [2.75, 3.05) is 122 Å². The van der Waals surface area contributed by atoms with E-state index in [2.05, 4.69) is 68.7 Å². The van der Waals surface area contributed by atoms with Gasteiger partial charge in [0.2, 0.25) is 0 Å². The second-order valence-electron chi connectivity index (χ2n) is 12.1. The Morgan fingerprint density at radius 2 is 1.28 bits per heavy atom. The van der Waals surface area contributed by atoms with E-state index in [0.29, 0.717) is 5.50 Å². The number of rotatable bonds is 6. The van der Waals surface area contributed by atoms with Gasteiger partial charge in [-0.2, -0.15) is 11.8 Å². The van der Waals surface area contributed by atoms with E-state index in [1.165, 1.54) is 75.5 Å². The van der Waals surface area contributed by atoms with E-state index in [-0.39, 0.29) is 11.6 Å². The van der Waals surface area contributed by atoms with Crippen molar-refractivity contribution in [3.8, 4) is 0 Å². The molecule has 7 rings (SSSR count). The van der Waals surface area contributed by atoms with Gasteiger partial charge in [0.1, 0.15) is 5.50 Å². The number of likely N-dealkylation sites (tertiary alicyclic amines) is 2. The maximum Gasteiger partial charge on any atom is 0.192 e. The van der Waals surface area contributed by atoms with Gasteiger partial charge in [0.15, 0.2) is 11.6 Å². The number of nitrogens with zero attached hydrogens (tertiary/aromatic N) is 7. The molecule has 12 heteroatoms. The normalized spacial score (nSPS) is 40.2. The highest BCUT2D eigenvalue weighted by atomic mass is 32.2. The van der Waals surface area contributed by atoms with Crippen molar-refractivity contribution in [1.82, 2.24) is 45.2 Å². The van der Waals surface area contributed by atoms with Crippen molar-refractivity contribution in [2.24, 2.45) is 0 Å². The van der Waals surface area contributed by atoms with Crippen LogP contribution in [0.25, 0.3) is 0 Å². The number of hydrazine groups is 1. The highest BCUT2D eigenvalue weighted by molar-refractivity contribution is 8.00. The third-order valence-corrected chi connectivity index (χ3v) is 12.3. The van der Waals surface area contributed by atoms with Crippen molar-refractivity contribution in [3.05, 3.63) is 0 Å². The van der Waals surface area contributed by atoms with Crippen molar-refractivity contribution >= 4 is 23.5 Å². The van der Waals surface area contributed by atoms with Crippen LogP contribution in [0.15, 0.2) is 0 Å². The molecule has 7 aliphatic heterocycles. The first-order chi connectivity index (χ1) is 19.4. The molecule has 7 aliphatic rings. The van der Waals surface area contributed by atoms with Crippen LogP contribution in [-0.2, 0) is 4.74 Å². The summed E-state index contributed by atoms with van der Waals surface area (Å²) in [6, 6.07) is 0. The maximum absolute atomic E-state index is 6.09. The van der Waals surface area contributed by atoms with Crippen LogP contribution in [0.2, 0.25) is 0 Å². The smallest absolute Gasteiger partial charge is 0.192 e. The van der Waals surface area contributed by atoms with Crippen LogP contribution in [-0.4, -0.2) is 174 Å². The van der Waals surface area contributed by atoms with E-state index in [9.17, 15) is 0 Å².